The van der Waals surface area contributed by atoms with Gasteiger partial charge < -0.3 is 0 Å². The molecule has 2 amide bonds. The Kier molecular flexibility index (Phi) is 7.24. The van der Waals surface area contributed by atoms with Crippen LogP contribution in [0.1, 0.15) is 16.7 Å². The van der Waals surface area contributed by atoms with Crippen molar-refractivity contribution < 1.29 is 31.9 Å². The molecular formula is C23H21ClF3N5O4S2. The summed E-state index contributed by atoms with van der Waals surface area (Å²) in [5.74, 6) is -0.484. The molecule has 3 heterocycles. The second-order valence-electron chi connectivity index (χ2n) is 8.60. The number of fused-ring (bicyclic) bond motifs is 1. The van der Waals surface area contributed by atoms with Gasteiger partial charge in [-0.05, 0) is 53.2 Å². The van der Waals surface area contributed by atoms with Crippen LogP contribution >= 0.6 is 34.3 Å². The van der Waals surface area contributed by atoms with Gasteiger partial charge in [-0.15, -0.1) is 0 Å². The first-order valence-electron chi connectivity index (χ1n) is 11.3. The summed E-state index contributed by atoms with van der Waals surface area (Å²) in [4.78, 5) is 26.5. The molecule has 0 saturated carbocycles. The van der Waals surface area contributed by atoms with Crippen LogP contribution in [0.5, 0.6) is 0 Å². The highest BCUT2D eigenvalue weighted by Crippen LogP contribution is 2.42. The summed E-state index contributed by atoms with van der Waals surface area (Å²) in [6.07, 6.45) is -1.48. The summed E-state index contributed by atoms with van der Waals surface area (Å²) >= 11 is 6.56. The minimum absolute atomic E-state index is 0.00970. The van der Waals surface area contributed by atoms with E-state index in [9.17, 15) is 31.9 Å². The Hall–Kier alpha value is -2.59. The van der Waals surface area contributed by atoms with E-state index in [1.165, 1.54) is 27.3 Å². The van der Waals surface area contributed by atoms with Crippen molar-refractivity contribution in [2.75, 3.05) is 26.2 Å². The van der Waals surface area contributed by atoms with Gasteiger partial charge in [0.2, 0.25) is 0 Å². The van der Waals surface area contributed by atoms with Crippen molar-refractivity contribution in [3.63, 3.8) is 0 Å². The van der Waals surface area contributed by atoms with Crippen molar-refractivity contribution in [3.8, 4) is 0 Å². The molecule has 3 aromatic rings. The highest BCUT2D eigenvalue weighted by atomic mass is 35.5. The predicted octanol–water partition coefficient (Wildman–Crippen LogP) is 5.28. The molecule has 2 aliphatic heterocycles. The third-order valence-electron chi connectivity index (χ3n) is 6.12. The zero-order valence-electron chi connectivity index (χ0n) is 19.5. The molecule has 38 heavy (non-hydrogen) atoms. The van der Waals surface area contributed by atoms with Crippen molar-refractivity contribution in [2.24, 2.45) is 0 Å². The average molecular weight is 588 g/mol. The second kappa shape index (κ2) is 10.2. The number of hydrogen-bond acceptors (Lipinski definition) is 8. The molecule has 0 unspecified atom stereocenters. The van der Waals surface area contributed by atoms with Crippen molar-refractivity contribution >= 4 is 62.5 Å². The molecular weight excluding hydrogens is 567 g/mol. The molecule has 15 heteroatoms. The number of hydrogen-bond donors (Lipinski definition) is 3. The monoisotopic (exact) mass is 587 g/mol. The quantitative estimate of drug-likeness (QED) is 0.334. The minimum atomic E-state index is -4.56. The molecule has 2 aliphatic rings. The van der Waals surface area contributed by atoms with Gasteiger partial charge >= 0.3 is 6.18 Å². The molecule has 2 aromatic carbocycles. The largest absolute Gasteiger partial charge is 0.416 e. The van der Waals surface area contributed by atoms with Gasteiger partial charge in [-0.1, -0.05) is 34.7 Å². The van der Waals surface area contributed by atoms with E-state index < -0.39 is 33.8 Å². The van der Waals surface area contributed by atoms with Crippen LogP contribution in [-0.4, -0.2) is 65.4 Å². The maximum Gasteiger partial charge on any atom is 0.416 e. The first-order chi connectivity index (χ1) is 17.9. The molecule has 9 nitrogen and oxygen atoms in total. The number of alkyl halides is 3. The van der Waals surface area contributed by atoms with E-state index in [-0.39, 0.29) is 35.1 Å². The number of thioether (sulfide) groups is 1. The number of carbonyl (C=O) groups is 2. The second-order valence-corrected chi connectivity index (χ2v) is 11.9. The third-order valence-corrected chi connectivity index (χ3v) is 8.94. The van der Waals surface area contributed by atoms with E-state index in [0.29, 0.717) is 29.6 Å². The summed E-state index contributed by atoms with van der Waals surface area (Å²) in [5.41, 5.74) is 0.405. The van der Waals surface area contributed by atoms with Crippen LogP contribution in [0.15, 0.2) is 47.5 Å². The molecule has 0 atom stereocenters. The molecule has 5 rings (SSSR count). The Bertz CT molecular complexity index is 1460. The van der Waals surface area contributed by atoms with Gasteiger partial charge in [0.1, 0.15) is 0 Å². The van der Waals surface area contributed by atoms with E-state index in [1.807, 2.05) is 0 Å². The van der Waals surface area contributed by atoms with E-state index >= 15 is 0 Å². The number of imide groups is 1. The van der Waals surface area contributed by atoms with Crippen LogP contribution in [0.4, 0.5) is 18.0 Å². The lowest BCUT2D eigenvalue weighted by molar-refractivity contribution is -0.138. The van der Waals surface area contributed by atoms with Gasteiger partial charge in [0.25, 0.3) is 11.1 Å². The molecule has 3 N–H and O–H groups in total. The number of amides is 2. The Labute approximate surface area is 225 Å². The lowest BCUT2D eigenvalue weighted by Gasteiger charge is -2.36. The lowest BCUT2D eigenvalue weighted by atomic mass is 10.1. The van der Waals surface area contributed by atoms with Gasteiger partial charge in [-0.3, -0.25) is 28.3 Å². The van der Waals surface area contributed by atoms with Gasteiger partial charge in [-0.25, -0.2) is 4.72 Å². The first kappa shape index (κ1) is 27.0. The Balaban J connectivity index is 1.33. The summed E-state index contributed by atoms with van der Waals surface area (Å²) in [5, 5.41) is 4.41. The lowest BCUT2D eigenvalue weighted by Crippen LogP contribution is -2.37. The third kappa shape index (κ3) is 5.43. The van der Waals surface area contributed by atoms with Gasteiger partial charge in [0.15, 0.2) is 0 Å². The SMILES string of the molecule is O=C1SC(=Cc2ccc3c(cnn3Cc3ccc(Cl)cc3C(F)(F)F)c2)C(=O)N1CCN1CCNS1(O)O. The van der Waals surface area contributed by atoms with Crippen molar-refractivity contribution in [2.45, 2.75) is 12.7 Å². The highest BCUT2D eigenvalue weighted by molar-refractivity contribution is 8.20. The molecule has 202 valence electrons. The molecule has 0 bridgehead atoms. The summed E-state index contributed by atoms with van der Waals surface area (Å²) in [6, 6.07) is 8.71. The summed E-state index contributed by atoms with van der Waals surface area (Å²) in [6.45, 7) is 0.792. The zero-order valence-corrected chi connectivity index (χ0v) is 21.9. The van der Waals surface area contributed by atoms with E-state index in [2.05, 4.69) is 9.82 Å². The van der Waals surface area contributed by atoms with E-state index in [4.69, 9.17) is 11.6 Å². The minimum Gasteiger partial charge on any atom is -0.272 e. The number of aromatic nitrogens is 2. The predicted molar refractivity (Wildman–Crippen MR) is 140 cm³/mol. The normalized spacial score (nSPS) is 20.3. The van der Waals surface area contributed by atoms with Gasteiger partial charge in [0.05, 0.1) is 28.7 Å². The number of halogens is 4. The van der Waals surface area contributed by atoms with Crippen molar-refractivity contribution in [1.29, 1.82) is 0 Å². The number of rotatable bonds is 6. The fourth-order valence-corrected chi connectivity index (χ4v) is 6.52. The van der Waals surface area contributed by atoms with Crippen LogP contribution in [-0.2, 0) is 17.5 Å². The van der Waals surface area contributed by atoms with Crippen LogP contribution in [0.2, 0.25) is 5.02 Å². The summed E-state index contributed by atoms with van der Waals surface area (Å²) < 4.78 is 65.7. The Morgan fingerprint density at radius 3 is 2.66 bits per heavy atom. The maximum atomic E-state index is 13.5. The molecule has 0 aliphatic carbocycles. The van der Waals surface area contributed by atoms with Crippen molar-refractivity contribution in [3.05, 3.63) is 69.2 Å². The standard InChI is InChI=1S/C23H21ClF3N5O4S2/c24-17-3-2-15(18(11-17)23(25,26)27)13-32-19-4-1-14(9-16(19)12-28-32)10-20-21(33)31(22(34)37-20)8-7-30-6-5-29-38(30,35)36/h1-4,9-12,29,35-36H,5-8,13H2. The fourth-order valence-electron chi connectivity index (χ4n) is 4.25. The Morgan fingerprint density at radius 1 is 1.16 bits per heavy atom. The van der Waals surface area contributed by atoms with Gasteiger partial charge in [-0.2, -0.15) is 22.6 Å². The van der Waals surface area contributed by atoms with Crippen LogP contribution in [0.25, 0.3) is 17.0 Å². The van der Waals surface area contributed by atoms with Gasteiger partial charge in [0, 0.05) is 36.6 Å². The zero-order chi connectivity index (χ0) is 27.2. The first-order valence-corrected chi connectivity index (χ1v) is 14.0. The maximum absolute atomic E-state index is 13.5. The molecule has 2 fully saturated rings. The number of carbonyl (C=O) groups excluding carboxylic acids is 2. The average Bonchev–Trinajstić information content (AvgIpc) is 3.48. The van der Waals surface area contributed by atoms with Crippen LogP contribution in [0.3, 0.4) is 0 Å². The van der Waals surface area contributed by atoms with Crippen LogP contribution < -0.4 is 4.72 Å². The number of nitrogens with one attached hydrogen (secondary N) is 1. The molecule has 1 aromatic heterocycles. The fraction of sp³-hybridized carbons (Fsp3) is 0.261. The molecule has 2 saturated heterocycles. The summed E-state index contributed by atoms with van der Waals surface area (Å²) in [7, 11) is -3.08. The van der Waals surface area contributed by atoms with Crippen molar-refractivity contribution in [1.82, 2.24) is 23.7 Å². The topological polar surface area (TPSA) is 111 Å². The van der Waals surface area contributed by atoms with Crippen LogP contribution in [0, 0.1) is 0 Å². The number of nitrogens with zero attached hydrogens (tertiary/aromatic N) is 4. The smallest absolute Gasteiger partial charge is 0.272 e. The molecule has 0 radical (unpaired) electrons. The highest BCUT2D eigenvalue weighted by Gasteiger charge is 2.37. The molecule has 0 spiro atoms. The number of benzene rings is 2. The Morgan fingerprint density at radius 2 is 1.95 bits per heavy atom. The van der Waals surface area contributed by atoms with E-state index in [1.54, 1.807) is 24.3 Å². The van der Waals surface area contributed by atoms with E-state index in [0.717, 1.165) is 22.7 Å².